The molecule has 0 aromatic rings. The van der Waals surface area contributed by atoms with E-state index in [1.165, 1.54) is 0 Å². The van der Waals surface area contributed by atoms with Crippen LogP contribution in [0.3, 0.4) is 0 Å². The Morgan fingerprint density at radius 3 is 1.94 bits per heavy atom. The number of carbonyl (C=O) groups excluding carboxylic acids is 1. The van der Waals surface area contributed by atoms with Gasteiger partial charge in [0, 0.05) is 5.88 Å². The van der Waals surface area contributed by atoms with Crippen molar-refractivity contribution in [3.8, 4) is 0 Å². The van der Waals surface area contributed by atoms with Crippen molar-refractivity contribution in [1.82, 2.24) is 0 Å². The van der Waals surface area contributed by atoms with Crippen LogP contribution in [-0.4, -0.2) is 29.5 Å². The highest BCUT2D eigenvalue weighted by molar-refractivity contribution is 6.19. The van der Waals surface area contributed by atoms with E-state index in [4.69, 9.17) is 16.7 Å². The van der Waals surface area contributed by atoms with E-state index in [0.29, 0.717) is 6.61 Å². The number of aliphatic carboxylic acids is 1. The first kappa shape index (κ1) is 18.9. The van der Waals surface area contributed by atoms with Gasteiger partial charge >= 0.3 is 11.9 Å². The molecule has 1 aliphatic heterocycles. The van der Waals surface area contributed by atoms with Gasteiger partial charge in [-0.15, -0.1) is 24.0 Å². The minimum atomic E-state index is -0.806. The molecule has 102 valence electrons. The predicted molar refractivity (Wildman–Crippen MR) is 68.7 cm³/mol. The van der Waals surface area contributed by atoms with E-state index >= 15 is 0 Å². The van der Waals surface area contributed by atoms with Crippen LogP contribution in [0, 0.1) is 17.3 Å². The third kappa shape index (κ3) is 6.13. The fourth-order valence-corrected chi connectivity index (χ4v) is 1.44. The summed E-state index contributed by atoms with van der Waals surface area (Å²) in [4.78, 5) is 20.6. The summed E-state index contributed by atoms with van der Waals surface area (Å²) in [5.41, 5.74) is -0.181. The highest BCUT2D eigenvalue weighted by Gasteiger charge is 2.39. The minimum absolute atomic E-state index is 0. The molecule has 1 saturated heterocycles. The monoisotopic (exact) mass is 286 g/mol. The van der Waals surface area contributed by atoms with E-state index < -0.39 is 11.9 Å². The average Bonchev–Trinajstić information content (AvgIpc) is 2.16. The molecule has 0 aromatic heterocycles. The van der Waals surface area contributed by atoms with E-state index in [9.17, 15) is 9.59 Å². The molecule has 6 heteroatoms. The summed E-state index contributed by atoms with van der Waals surface area (Å²) in [7, 11) is 0. The van der Waals surface area contributed by atoms with E-state index in [2.05, 4.69) is 4.74 Å². The van der Waals surface area contributed by atoms with Gasteiger partial charge in [-0.2, -0.15) is 0 Å². The second-order valence-electron chi connectivity index (χ2n) is 4.80. The van der Waals surface area contributed by atoms with Gasteiger partial charge < -0.3 is 9.84 Å². The normalized spacial score (nSPS) is 17.9. The zero-order valence-corrected chi connectivity index (χ0v) is 12.1. The second-order valence-corrected chi connectivity index (χ2v) is 5.11. The minimum Gasteiger partial charge on any atom is -0.481 e. The highest BCUT2D eigenvalue weighted by Crippen LogP contribution is 2.26. The van der Waals surface area contributed by atoms with Crippen LogP contribution in [0.4, 0.5) is 0 Å². The molecule has 1 aliphatic rings. The van der Waals surface area contributed by atoms with Crippen LogP contribution in [0.15, 0.2) is 0 Å². The maximum atomic E-state index is 10.3. The quantitative estimate of drug-likeness (QED) is 0.640. The van der Waals surface area contributed by atoms with E-state index in [1.807, 2.05) is 27.7 Å². The Morgan fingerprint density at radius 1 is 1.53 bits per heavy atom. The van der Waals surface area contributed by atoms with Gasteiger partial charge in [-0.25, -0.2) is 0 Å². The molecule has 0 amide bonds. The molecule has 0 saturated carbocycles. The van der Waals surface area contributed by atoms with Crippen LogP contribution >= 0.6 is 24.0 Å². The molecule has 0 spiro atoms. The van der Waals surface area contributed by atoms with Gasteiger partial charge in [0.25, 0.3) is 0 Å². The number of hydrogen-bond acceptors (Lipinski definition) is 3. The average molecular weight is 287 g/mol. The molecule has 1 heterocycles. The Morgan fingerprint density at radius 2 is 1.94 bits per heavy atom. The van der Waals surface area contributed by atoms with Crippen LogP contribution in [0.25, 0.3) is 0 Å². The number of halogens is 2. The molecule has 0 aliphatic carbocycles. The van der Waals surface area contributed by atoms with Crippen molar-refractivity contribution in [2.75, 3.05) is 12.5 Å². The van der Waals surface area contributed by atoms with E-state index in [0.717, 1.165) is 0 Å². The molecule has 1 atom stereocenters. The number of cyclic esters (lactones) is 1. The smallest absolute Gasteiger partial charge is 0.315 e. The topological polar surface area (TPSA) is 63.6 Å². The van der Waals surface area contributed by atoms with Crippen LogP contribution in [0.1, 0.15) is 27.7 Å². The number of ether oxygens (including phenoxy) is 1. The largest absolute Gasteiger partial charge is 0.481 e. The number of carboxylic acids is 1. The summed E-state index contributed by atoms with van der Waals surface area (Å²) in [6.07, 6.45) is 0. The molecular formula is C11H20Cl2O4. The molecule has 0 bridgehead atoms. The molecule has 17 heavy (non-hydrogen) atoms. The molecule has 4 nitrogen and oxygen atoms in total. The molecule has 1 fully saturated rings. The van der Waals surface area contributed by atoms with Crippen molar-refractivity contribution in [1.29, 1.82) is 0 Å². The molecule has 0 aromatic carbocycles. The van der Waals surface area contributed by atoms with Crippen molar-refractivity contribution < 1.29 is 19.4 Å². The van der Waals surface area contributed by atoms with Crippen molar-refractivity contribution in [2.45, 2.75) is 27.7 Å². The summed E-state index contributed by atoms with van der Waals surface area (Å²) in [6, 6.07) is 0. The zero-order valence-electron chi connectivity index (χ0n) is 10.5. The van der Waals surface area contributed by atoms with Gasteiger partial charge in [0.15, 0.2) is 0 Å². The first-order valence-electron chi connectivity index (χ1n) is 5.18. The lowest BCUT2D eigenvalue weighted by Gasteiger charge is -2.31. The number of alkyl halides is 1. The number of carbonyl (C=O) groups is 2. The SMILES string of the molecule is CC(C)C(CCl)C(=O)O.CC1(C)COC1=O.Cl. The molecule has 0 radical (unpaired) electrons. The van der Waals surface area contributed by atoms with Crippen LogP contribution < -0.4 is 0 Å². The van der Waals surface area contributed by atoms with Crippen molar-refractivity contribution >= 4 is 35.9 Å². The number of carboxylic acid groups (broad SMARTS) is 1. The van der Waals surface area contributed by atoms with Crippen LogP contribution in [0.2, 0.25) is 0 Å². The van der Waals surface area contributed by atoms with Gasteiger partial charge in [0.2, 0.25) is 0 Å². The van der Waals surface area contributed by atoms with Gasteiger partial charge in [-0.1, -0.05) is 13.8 Å². The Labute approximate surface area is 113 Å². The summed E-state index contributed by atoms with van der Waals surface area (Å²) in [6.45, 7) is 8.03. The number of rotatable bonds is 3. The first-order valence-corrected chi connectivity index (χ1v) is 5.71. The summed E-state index contributed by atoms with van der Waals surface area (Å²) >= 11 is 5.38. The van der Waals surface area contributed by atoms with Gasteiger partial charge in [-0.3, -0.25) is 9.59 Å². The summed E-state index contributed by atoms with van der Waals surface area (Å²) in [5.74, 6) is -0.952. The lowest BCUT2D eigenvalue weighted by atomic mass is 9.91. The lowest BCUT2D eigenvalue weighted by molar-refractivity contribution is -0.180. The van der Waals surface area contributed by atoms with E-state index in [-0.39, 0.29) is 35.6 Å². The summed E-state index contributed by atoms with van der Waals surface area (Å²) < 4.78 is 4.51. The highest BCUT2D eigenvalue weighted by atomic mass is 35.5. The molecule has 1 N–H and O–H groups in total. The number of esters is 1. The lowest BCUT2D eigenvalue weighted by Crippen LogP contribution is -2.42. The van der Waals surface area contributed by atoms with Crippen LogP contribution in [-0.2, 0) is 14.3 Å². The van der Waals surface area contributed by atoms with Gasteiger partial charge in [0.05, 0.1) is 11.3 Å². The van der Waals surface area contributed by atoms with Gasteiger partial charge in [-0.05, 0) is 19.8 Å². The standard InChI is InChI=1S/C6H11ClO2.C5H8O2.ClH/c1-4(2)5(3-7)6(8)9;1-5(2)3-7-4(5)6;/h4-5H,3H2,1-2H3,(H,8,9);3H2,1-2H3;1H. The summed E-state index contributed by atoms with van der Waals surface area (Å²) in [5, 5.41) is 8.46. The molecule has 1 rings (SSSR count). The second kappa shape index (κ2) is 7.77. The Bertz CT molecular complexity index is 264. The van der Waals surface area contributed by atoms with Crippen molar-refractivity contribution in [2.24, 2.45) is 17.3 Å². The Balaban J connectivity index is 0. The van der Waals surface area contributed by atoms with Crippen LogP contribution in [0.5, 0.6) is 0 Å². The molecular weight excluding hydrogens is 267 g/mol. The van der Waals surface area contributed by atoms with Crippen molar-refractivity contribution in [3.63, 3.8) is 0 Å². The molecule has 1 unspecified atom stereocenters. The Hall–Kier alpha value is -0.480. The predicted octanol–water partition coefficient (Wildman–Crippen LogP) is 2.57. The first-order chi connectivity index (χ1) is 7.22. The maximum absolute atomic E-state index is 10.3. The fraction of sp³-hybridized carbons (Fsp3) is 0.818. The third-order valence-electron chi connectivity index (χ3n) is 2.40. The van der Waals surface area contributed by atoms with E-state index in [1.54, 1.807) is 0 Å². The Kier molecular flexibility index (Phi) is 8.63. The third-order valence-corrected chi connectivity index (χ3v) is 2.74. The number of hydrogen-bond donors (Lipinski definition) is 1. The van der Waals surface area contributed by atoms with Gasteiger partial charge in [0.1, 0.15) is 6.61 Å². The zero-order chi connectivity index (χ0) is 12.9. The fourth-order valence-electron chi connectivity index (χ4n) is 0.949. The van der Waals surface area contributed by atoms with Crippen molar-refractivity contribution in [3.05, 3.63) is 0 Å². The maximum Gasteiger partial charge on any atom is 0.315 e.